The van der Waals surface area contributed by atoms with Crippen LogP contribution >= 0.6 is 0 Å². The van der Waals surface area contributed by atoms with Gasteiger partial charge in [0.15, 0.2) is 0 Å². The van der Waals surface area contributed by atoms with E-state index in [1.807, 2.05) is 0 Å². The molecule has 0 radical (unpaired) electrons. The molecule has 7 heteroatoms. The first kappa shape index (κ1) is 13.6. The number of nitrogens with zero attached hydrogens (tertiary/aromatic N) is 4. The minimum absolute atomic E-state index is 0.137. The molecule has 5 N–H and O–H groups in total. The van der Waals surface area contributed by atoms with E-state index in [-0.39, 0.29) is 18.5 Å². The molecule has 0 bridgehead atoms. The maximum Gasteiger partial charge on any atom is 0.225 e. The molecule has 1 aromatic rings. The lowest BCUT2D eigenvalue weighted by atomic mass is 10.3. The van der Waals surface area contributed by atoms with E-state index in [0.29, 0.717) is 24.8 Å². The lowest BCUT2D eigenvalue weighted by molar-refractivity contribution is 0.181. The second-order valence-corrected chi connectivity index (χ2v) is 4.11. The zero-order valence-electron chi connectivity index (χ0n) is 10.3. The minimum Gasteiger partial charge on any atom is -0.396 e. The number of hydrogen-bond acceptors (Lipinski definition) is 7. The summed E-state index contributed by atoms with van der Waals surface area (Å²) in [6.45, 7) is 5.65. The van der Waals surface area contributed by atoms with Gasteiger partial charge in [0, 0.05) is 19.2 Å². The number of nitrogen functional groups attached to an aromatic ring is 2. The maximum atomic E-state index is 8.84. The van der Waals surface area contributed by atoms with Crippen LogP contribution in [0.3, 0.4) is 0 Å². The van der Waals surface area contributed by atoms with Crippen LogP contribution < -0.4 is 11.5 Å². The summed E-state index contributed by atoms with van der Waals surface area (Å²) in [6, 6.07) is 0.334. The van der Waals surface area contributed by atoms with Crippen LogP contribution in [0.2, 0.25) is 0 Å². The number of hydrogen-bond donors (Lipinski definition) is 3. The van der Waals surface area contributed by atoms with Crippen LogP contribution in [0.5, 0.6) is 0 Å². The second kappa shape index (κ2) is 6.31. The van der Waals surface area contributed by atoms with Crippen molar-refractivity contribution in [2.24, 2.45) is 0 Å². The van der Waals surface area contributed by atoms with E-state index in [1.54, 1.807) is 0 Å². The fraction of sp³-hybridized carbons (Fsp3) is 0.700. The Balaban J connectivity index is 2.71. The van der Waals surface area contributed by atoms with Crippen LogP contribution in [-0.4, -0.2) is 44.2 Å². The molecule has 1 aromatic heterocycles. The van der Waals surface area contributed by atoms with Gasteiger partial charge in [-0.1, -0.05) is 0 Å². The predicted molar refractivity (Wildman–Crippen MR) is 65.9 cm³/mol. The number of aliphatic hydroxyl groups is 1. The highest BCUT2D eigenvalue weighted by atomic mass is 16.3. The molecule has 0 saturated heterocycles. The molecule has 96 valence electrons. The Bertz CT molecular complexity index is 336. The molecule has 0 aliphatic rings. The number of anilines is 2. The van der Waals surface area contributed by atoms with E-state index in [2.05, 4.69) is 33.7 Å². The number of aliphatic hydroxyl groups excluding tert-OH is 1. The van der Waals surface area contributed by atoms with Crippen LogP contribution in [0, 0.1) is 0 Å². The van der Waals surface area contributed by atoms with Gasteiger partial charge in [0.05, 0.1) is 6.54 Å². The maximum absolute atomic E-state index is 8.84. The molecule has 0 aromatic carbocycles. The van der Waals surface area contributed by atoms with Crippen molar-refractivity contribution in [3.05, 3.63) is 5.82 Å². The summed E-state index contributed by atoms with van der Waals surface area (Å²) in [5, 5.41) is 8.84. The molecule has 1 heterocycles. The lowest BCUT2D eigenvalue weighted by Crippen LogP contribution is -2.32. The van der Waals surface area contributed by atoms with E-state index < -0.39 is 0 Å². The zero-order valence-corrected chi connectivity index (χ0v) is 10.3. The minimum atomic E-state index is 0.137. The Morgan fingerprint density at radius 1 is 1.18 bits per heavy atom. The normalized spacial score (nSPS) is 11.4. The smallest absolute Gasteiger partial charge is 0.225 e. The second-order valence-electron chi connectivity index (χ2n) is 4.11. The molecule has 0 spiro atoms. The quantitative estimate of drug-likeness (QED) is 0.621. The summed E-state index contributed by atoms with van der Waals surface area (Å²) in [6.07, 6.45) is 0.716. The Labute approximate surface area is 101 Å². The lowest BCUT2D eigenvalue weighted by Gasteiger charge is -2.25. The van der Waals surface area contributed by atoms with E-state index in [4.69, 9.17) is 16.6 Å². The molecule has 17 heavy (non-hydrogen) atoms. The van der Waals surface area contributed by atoms with Crippen molar-refractivity contribution < 1.29 is 5.11 Å². The fourth-order valence-corrected chi connectivity index (χ4v) is 1.50. The zero-order chi connectivity index (χ0) is 12.8. The molecule has 0 fully saturated rings. The molecule has 7 nitrogen and oxygen atoms in total. The van der Waals surface area contributed by atoms with Crippen LogP contribution in [0.15, 0.2) is 0 Å². The topological polar surface area (TPSA) is 114 Å². The first-order chi connectivity index (χ1) is 8.02. The van der Waals surface area contributed by atoms with Crippen molar-refractivity contribution in [3.63, 3.8) is 0 Å². The van der Waals surface area contributed by atoms with E-state index in [0.717, 1.165) is 6.54 Å². The van der Waals surface area contributed by atoms with Crippen molar-refractivity contribution >= 4 is 11.9 Å². The molecule has 0 amide bonds. The van der Waals surface area contributed by atoms with Gasteiger partial charge in [-0.3, -0.25) is 4.90 Å². The van der Waals surface area contributed by atoms with Crippen molar-refractivity contribution in [1.29, 1.82) is 0 Å². The first-order valence-electron chi connectivity index (χ1n) is 5.63. The molecule has 0 atom stereocenters. The average Bonchev–Trinajstić information content (AvgIpc) is 2.22. The molecule has 0 saturated carbocycles. The Morgan fingerprint density at radius 3 is 2.24 bits per heavy atom. The SMILES string of the molecule is CC(C)N(CCCO)Cc1nc(N)nc(N)n1. The molecule has 0 aliphatic carbocycles. The number of nitrogens with two attached hydrogens (primary N) is 2. The number of rotatable bonds is 6. The molecular weight excluding hydrogens is 220 g/mol. The van der Waals surface area contributed by atoms with Gasteiger partial charge in [-0.25, -0.2) is 0 Å². The van der Waals surface area contributed by atoms with Crippen molar-refractivity contribution in [3.8, 4) is 0 Å². The van der Waals surface area contributed by atoms with Crippen molar-refractivity contribution in [1.82, 2.24) is 19.9 Å². The molecule has 0 unspecified atom stereocenters. The Hall–Kier alpha value is -1.47. The van der Waals surface area contributed by atoms with Crippen molar-refractivity contribution in [2.45, 2.75) is 32.9 Å². The largest absolute Gasteiger partial charge is 0.396 e. The van der Waals surface area contributed by atoms with E-state index >= 15 is 0 Å². The highest BCUT2D eigenvalue weighted by Crippen LogP contribution is 2.07. The van der Waals surface area contributed by atoms with Gasteiger partial charge in [0.2, 0.25) is 11.9 Å². The summed E-state index contributed by atoms with van der Waals surface area (Å²) in [5.41, 5.74) is 11.0. The van der Waals surface area contributed by atoms with Gasteiger partial charge in [0.1, 0.15) is 5.82 Å². The van der Waals surface area contributed by atoms with Crippen LogP contribution in [0.4, 0.5) is 11.9 Å². The molecular formula is C10H20N6O. The summed E-state index contributed by atoms with van der Waals surface area (Å²) in [4.78, 5) is 13.9. The first-order valence-corrected chi connectivity index (χ1v) is 5.63. The average molecular weight is 240 g/mol. The summed E-state index contributed by atoms with van der Waals surface area (Å²) >= 11 is 0. The van der Waals surface area contributed by atoms with Gasteiger partial charge in [-0.2, -0.15) is 15.0 Å². The highest BCUT2D eigenvalue weighted by molar-refractivity contribution is 5.25. The van der Waals surface area contributed by atoms with Gasteiger partial charge in [-0.05, 0) is 20.3 Å². The fourth-order valence-electron chi connectivity index (χ4n) is 1.50. The third-order valence-electron chi connectivity index (χ3n) is 2.39. The molecule has 1 rings (SSSR count). The van der Waals surface area contributed by atoms with Crippen LogP contribution in [-0.2, 0) is 6.54 Å². The Morgan fingerprint density at radius 2 is 1.76 bits per heavy atom. The number of aromatic nitrogens is 3. The third kappa shape index (κ3) is 4.49. The van der Waals surface area contributed by atoms with Gasteiger partial charge < -0.3 is 16.6 Å². The molecule has 0 aliphatic heterocycles. The monoisotopic (exact) mass is 240 g/mol. The van der Waals surface area contributed by atoms with Gasteiger partial charge >= 0.3 is 0 Å². The summed E-state index contributed by atoms with van der Waals surface area (Å²) in [7, 11) is 0. The van der Waals surface area contributed by atoms with E-state index in [1.165, 1.54) is 0 Å². The standard InChI is InChI=1S/C10H20N6O/c1-7(2)16(4-3-5-17)6-8-13-9(11)15-10(12)14-8/h7,17H,3-6H2,1-2H3,(H4,11,12,13,14,15). The van der Waals surface area contributed by atoms with Crippen LogP contribution in [0.25, 0.3) is 0 Å². The third-order valence-corrected chi connectivity index (χ3v) is 2.39. The van der Waals surface area contributed by atoms with Gasteiger partial charge in [-0.15, -0.1) is 0 Å². The van der Waals surface area contributed by atoms with Gasteiger partial charge in [0.25, 0.3) is 0 Å². The van der Waals surface area contributed by atoms with Crippen LogP contribution in [0.1, 0.15) is 26.1 Å². The van der Waals surface area contributed by atoms with E-state index in [9.17, 15) is 0 Å². The summed E-state index contributed by atoms with van der Waals surface area (Å²) in [5.74, 6) is 0.832. The highest BCUT2D eigenvalue weighted by Gasteiger charge is 2.12. The van der Waals surface area contributed by atoms with Crippen molar-refractivity contribution in [2.75, 3.05) is 24.6 Å². The summed E-state index contributed by atoms with van der Waals surface area (Å²) < 4.78 is 0. The Kier molecular flexibility index (Phi) is 5.05. The predicted octanol–water partition coefficient (Wildman–Crippen LogP) is -0.371.